The molecule has 112 valence electrons. The first-order valence-electron chi connectivity index (χ1n) is 7.71. The lowest BCUT2D eigenvalue weighted by atomic mass is 10.1. The van der Waals surface area contributed by atoms with Crippen molar-refractivity contribution < 1.29 is 4.74 Å². The molecule has 5 heteroatoms. The van der Waals surface area contributed by atoms with Crippen molar-refractivity contribution in [1.82, 2.24) is 15.1 Å². The number of hydrogen-bond acceptors (Lipinski definition) is 4. The van der Waals surface area contributed by atoms with E-state index in [0.29, 0.717) is 0 Å². The van der Waals surface area contributed by atoms with Crippen molar-refractivity contribution in [3.05, 3.63) is 11.3 Å². The number of hydrogen-bond donors (Lipinski definition) is 1. The Labute approximate surface area is 121 Å². The Balaban J connectivity index is 1.82. The molecule has 0 aromatic carbocycles. The fourth-order valence-corrected chi connectivity index (χ4v) is 3.18. The minimum Gasteiger partial charge on any atom is -0.372 e. The molecule has 20 heavy (non-hydrogen) atoms. The molecule has 1 aromatic rings. The largest absolute Gasteiger partial charge is 0.372 e. The van der Waals surface area contributed by atoms with E-state index in [2.05, 4.69) is 36.1 Å². The Morgan fingerprint density at radius 1 is 1.25 bits per heavy atom. The fourth-order valence-electron chi connectivity index (χ4n) is 3.18. The zero-order valence-electron chi connectivity index (χ0n) is 13.0. The third-order valence-electron chi connectivity index (χ3n) is 4.18. The van der Waals surface area contributed by atoms with E-state index in [-0.39, 0.29) is 12.2 Å². The summed E-state index contributed by atoms with van der Waals surface area (Å²) in [6, 6.07) is 0.727. The molecule has 1 N–H and O–H groups in total. The van der Waals surface area contributed by atoms with Crippen LogP contribution in [0.5, 0.6) is 0 Å². The smallest absolute Gasteiger partial charge is 0.131 e. The van der Waals surface area contributed by atoms with Gasteiger partial charge in [0, 0.05) is 38.3 Å². The number of ether oxygens (including phenoxy) is 1. The molecule has 3 rings (SSSR count). The van der Waals surface area contributed by atoms with E-state index in [1.54, 1.807) is 0 Å². The van der Waals surface area contributed by atoms with Crippen LogP contribution < -0.4 is 10.2 Å². The number of anilines is 1. The molecule has 0 spiro atoms. The molecule has 1 aliphatic heterocycles. The van der Waals surface area contributed by atoms with Crippen molar-refractivity contribution in [3.8, 4) is 0 Å². The standard InChI is InChI=1S/C15H26N4O/c1-10-8-19(9-11(2)20-10)15-14(7-16-13-5-6-13)12(3)17-18(15)4/h10-11,13,16H,5-9H2,1-4H3. The third kappa shape index (κ3) is 2.83. The minimum absolute atomic E-state index is 0.276. The lowest BCUT2D eigenvalue weighted by Gasteiger charge is -2.37. The Kier molecular flexibility index (Phi) is 3.73. The van der Waals surface area contributed by atoms with Gasteiger partial charge in [-0.15, -0.1) is 0 Å². The highest BCUT2D eigenvalue weighted by Gasteiger charge is 2.28. The van der Waals surface area contributed by atoms with E-state index >= 15 is 0 Å². The molecule has 0 amide bonds. The first kappa shape index (κ1) is 13.9. The monoisotopic (exact) mass is 278 g/mol. The van der Waals surface area contributed by atoms with Crippen molar-refractivity contribution in [2.24, 2.45) is 7.05 Å². The summed E-state index contributed by atoms with van der Waals surface area (Å²) < 4.78 is 7.88. The first-order chi connectivity index (χ1) is 9.54. The molecule has 2 fully saturated rings. The van der Waals surface area contributed by atoms with Gasteiger partial charge in [0.15, 0.2) is 0 Å². The van der Waals surface area contributed by atoms with Crippen molar-refractivity contribution >= 4 is 5.82 Å². The lowest BCUT2D eigenvalue weighted by Crippen LogP contribution is -2.46. The van der Waals surface area contributed by atoms with Gasteiger partial charge >= 0.3 is 0 Å². The Bertz CT molecular complexity index is 470. The number of rotatable bonds is 4. The molecule has 2 atom stereocenters. The average Bonchev–Trinajstić information content (AvgIpc) is 3.12. The predicted molar refractivity (Wildman–Crippen MR) is 80.0 cm³/mol. The van der Waals surface area contributed by atoms with Crippen LogP contribution in [0.15, 0.2) is 0 Å². The van der Waals surface area contributed by atoms with Crippen LogP contribution in [0.4, 0.5) is 5.82 Å². The summed E-state index contributed by atoms with van der Waals surface area (Å²) in [5.74, 6) is 1.26. The van der Waals surface area contributed by atoms with Crippen LogP contribution in [0.2, 0.25) is 0 Å². The first-order valence-corrected chi connectivity index (χ1v) is 7.71. The molecule has 0 bridgehead atoms. The van der Waals surface area contributed by atoms with Crippen molar-refractivity contribution in [3.63, 3.8) is 0 Å². The van der Waals surface area contributed by atoms with Crippen LogP contribution in [-0.2, 0) is 18.3 Å². The molecular weight excluding hydrogens is 252 g/mol. The second kappa shape index (κ2) is 5.37. The molecule has 2 unspecified atom stereocenters. The maximum Gasteiger partial charge on any atom is 0.131 e. The molecule has 2 heterocycles. The van der Waals surface area contributed by atoms with Crippen molar-refractivity contribution in [2.75, 3.05) is 18.0 Å². The highest BCUT2D eigenvalue weighted by molar-refractivity contribution is 5.50. The van der Waals surface area contributed by atoms with Gasteiger partial charge < -0.3 is 15.0 Å². The fraction of sp³-hybridized carbons (Fsp3) is 0.800. The Morgan fingerprint density at radius 3 is 2.50 bits per heavy atom. The summed E-state index contributed by atoms with van der Waals surface area (Å²) in [6.45, 7) is 9.22. The van der Waals surface area contributed by atoms with E-state index in [4.69, 9.17) is 4.74 Å². The highest BCUT2D eigenvalue weighted by Crippen LogP contribution is 2.28. The SMILES string of the molecule is Cc1nn(C)c(N2CC(C)OC(C)C2)c1CNC1CC1. The second-order valence-corrected chi connectivity index (χ2v) is 6.33. The summed E-state index contributed by atoms with van der Waals surface area (Å²) in [5.41, 5.74) is 2.49. The summed E-state index contributed by atoms with van der Waals surface area (Å²) >= 11 is 0. The van der Waals surface area contributed by atoms with Gasteiger partial charge in [-0.2, -0.15) is 5.10 Å². The van der Waals surface area contributed by atoms with Crippen LogP contribution in [0, 0.1) is 6.92 Å². The van der Waals surface area contributed by atoms with Crippen LogP contribution in [0.25, 0.3) is 0 Å². The van der Waals surface area contributed by atoms with Crippen LogP contribution in [-0.4, -0.2) is 41.1 Å². The van der Waals surface area contributed by atoms with Gasteiger partial charge in [0.1, 0.15) is 5.82 Å². The van der Waals surface area contributed by atoms with Gasteiger partial charge in [0.25, 0.3) is 0 Å². The Hall–Kier alpha value is -1.07. The van der Waals surface area contributed by atoms with Crippen LogP contribution in [0.3, 0.4) is 0 Å². The maximum absolute atomic E-state index is 5.85. The van der Waals surface area contributed by atoms with Crippen LogP contribution >= 0.6 is 0 Å². The van der Waals surface area contributed by atoms with Crippen molar-refractivity contribution in [1.29, 1.82) is 0 Å². The molecule has 2 aliphatic rings. The minimum atomic E-state index is 0.276. The lowest BCUT2D eigenvalue weighted by molar-refractivity contribution is -0.00570. The Morgan fingerprint density at radius 2 is 1.90 bits per heavy atom. The molecule has 1 aliphatic carbocycles. The second-order valence-electron chi connectivity index (χ2n) is 6.33. The zero-order chi connectivity index (χ0) is 14.3. The topological polar surface area (TPSA) is 42.3 Å². The van der Waals surface area contributed by atoms with Gasteiger partial charge in [-0.05, 0) is 33.6 Å². The van der Waals surface area contributed by atoms with Gasteiger partial charge in [-0.1, -0.05) is 0 Å². The van der Waals surface area contributed by atoms with Gasteiger partial charge in [-0.3, -0.25) is 4.68 Å². The van der Waals surface area contributed by atoms with E-state index in [1.807, 2.05) is 11.7 Å². The van der Waals surface area contributed by atoms with E-state index < -0.39 is 0 Å². The predicted octanol–water partition coefficient (Wildman–Crippen LogP) is 1.59. The molecule has 1 saturated heterocycles. The molecular formula is C15H26N4O. The summed E-state index contributed by atoms with van der Waals surface area (Å²) in [4.78, 5) is 2.43. The molecule has 1 saturated carbocycles. The summed E-state index contributed by atoms with van der Waals surface area (Å²) in [5, 5.41) is 8.25. The van der Waals surface area contributed by atoms with E-state index in [1.165, 1.54) is 24.2 Å². The normalized spacial score (nSPS) is 27.1. The molecule has 1 aromatic heterocycles. The highest BCUT2D eigenvalue weighted by atomic mass is 16.5. The zero-order valence-corrected chi connectivity index (χ0v) is 13.0. The number of nitrogens with one attached hydrogen (secondary N) is 1. The number of aryl methyl sites for hydroxylation is 2. The summed E-state index contributed by atoms with van der Waals surface area (Å²) in [6.07, 6.45) is 3.19. The quantitative estimate of drug-likeness (QED) is 0.908. The van der Waals surface area contributed by atoms with E-state index in [0.717, 1.165) is 31.4 Å². The number of aromatic nitrogens is 2. The number of nitrogens with zero attached hydrogens (tertiary/aromatic N) is 3. The molecule has 0 radical (unpaired) electrons. The summed E-state index contributed by atoms with van der Waals surface area (Å²) in [7, 11) is 2.05. The van der Waals surface area contributed by atoms with Crippen molar-refractivity contribution in [2.45, 2.75) is 58.4 Å². The van der Waals surface area contributed by atoms with Gasteiger partial charge in [-0.25, -0.2) is 0 Å². The maximum atomic E-state index is 5.85. The molecule has 5 nitrogen and oxygen atoms in total. The average molecular weight is 278 g/mol. The van der Waals surface area contributed by atoms with E-state index in [9.17, 15) is 0 Å². The number of morpholine rings is 1. The third-order valence-corrected chi connectivity index (χ3v) is 4.18. The van der Waals surface area contributed by atoms with Gasteiger partial charge in [0.05, 0.1) is 17.9 Å². The van der Waals surface area contributed by atoms with Crippen LogP contribution in [0.1, 0.15) is 37.9 Å². The van der Waals surface area contributed by atoms with Gasteiger partial charge in [0.2, 0.25) is 0 Å².